The predicted octanol–water partition coefficient (Wildman–Crippen LogP) is 1.92. The van der Waals surface area contributed by atoms with Crippen molar-refractivity contribution >= 4 is 29.0 Å². The molecule has 17 heavy (non-hydrogen) atoms. The van der Waals surface area contributed by atoms with Gasteiger partial charge in [0.05, 0.1) is 5.56 Å². The van der Waals surface area contributed by atoms with Gasteiger partial charge < -0.3 is 16.8 Å². The fraction of sp³-hybridized carbons (Fsp3) is 0.417. The Balaban J connectivity index is 2.79. The van der Waals surface area contributed by atoms with E-state index in [4.69, 9.17) is 11.5 Å². The summed E-state index contributed by atoms with van der Waals surface area (Å²) in [5.74, 6) is 0.617. The van der Waals surface area contributed by atoms with Crippen LogP contribution < -0.4 is 16.8 Å². The molecule has 0 bridgehead atoms. The third-order valence-corrected chi connectivity index (χ3v) is 3.11. The van der Waals surface area contributed by atoms with Gasteiger partial charge in [0.15, 0.2) is 0 Å². The molecule has 5 heteroatoms. The number of benzene rings is 1. The molecule has 1 amide bonds. The smallest absolute Gasteiger partial charge is 0.250 e. The van der Waals surface area contributed by atoms with Crippen molar-refractivity contribution in [2.75, 3.05) is 23.1 Å². The van der Waals surface area contributed by atoms with Crippen molar-refractivity contribution in [3.8, 4) is 0 Å². The Kier molecular flexibility index (Phi) is 5.15. The van der Waals surface area contributed by atoms with Gasteiger partial charge in [-0.1, -0.05) is 0 Å². The first-order valence-electron chi connectivity index (χ1n) is 5.49. The number of hydrogen-bond acceptors (Lipinski definition) is 4. The number of primary amides is 1. The minimum atomic E-state index is -0.461. The lowest BCUT2D eigenvalue weighted by molar-refractivity contribution is 0.100. The van der Waals surface area contributed by atoms with Crippen LogP contribution in [0.5, 0.6) is 0 Å². The second-order valence-corrected chi connectivity index (χ2v) is 4.98. The van der Waals surface area contributed by atoms with Gasteiger partial charge in [0.1, 0.15) is 0 Å². The highest BCUT2D eigenvalue weighted by molar-refractivity contribution is 7.98. The van der Waals surface area contributed by atoms with Crippen LogP contribution in [0.25, 0.3) is 0 Å². The quantitative estimate of drug-likeness (QED) is 0.677. The normalized spacial score (nSPS) is 12.1. The molecule has 1 aromatic carbocycles. The molecule has 1 unspecified atom stereocenters. The molecule has 4 nitrogen and oxygen atoms in total. The number of rotatable bonds is 6. The molecule has 0 spiro atoms. The number of amides is 1. The first kappa shape index (κ1) is 13.7. The average molecular weight is 253 g/mol. The zero-order valence-corrected chi connectivity index (χ0v) is 11.0. The van der Waals surface area contributed by atoms with Crippen LogP contribution in [0.3, 0.4) is 0 Å². The highest BCUT2D eigenvalue weighted by atomic mass is 32.2. The molecule has 0 aliphatic heterocycles. The van der Waals surface area contributed by atoms with Gasteiger partial charge in [0.25, 0.3) is 5.91 Å². The lowest BCUT2D eigenvalue weighted by atomic mass is 10.1. The zero-order valence-electron chi connectivity index (χ0n) is 10.2. The maximum atomic E-state index is 11.3. The van der Waals surface area contributed by atoms with Crippen molar-refractivity contribution in [3.05, 3.63) is 23.8 Å². The predicted molar refractivity (Wildman–Crippen MR) is 75.5 cm³/mol. The first-order chi connectivity index (χ1) is 8.04. The molecule has 0 saturated heterocycles. The van der Waals surface area contributed by atoms with Crippen LogP contribution in [0, 0.1) is 0 Å². The molecule has 0 saturated carbocycles. The van der Waals surface area contributed by atoms with E-state index in [1.165, 1.54) is 0 Å². The Morgan fingerprint density at radius 3 is 2.82 bits per heavy atom. The summed E-state index contributed by atoms with van der Waals surface area (Å²) in [6.07, 6.45) is 3.11. The lowest BCUT2D eigenvalue weighted by Gasteiger charge is -2.17. The van der Waals surface area contributed by atoms with Gasteiger partial charge >= 0.3 is 0 Å². The highest BCUT2D eigenvalue weighted by Crippen LogP contribution is 2.20. The minimum Gasteiger partial charge on any atom is -0.399 e. The first-order valence-corrected chi connectivity index (χ1v) is 6.88. The summed E-state index contributed by atoms with van der Waals surface area (Å²) in [4.78, 5) is 11.3. The largest absolute Gasteiger partial charge is 0.399 e. The molecule has 0 heterocycles. The van der Waals surface area contributed by atoms with Crippen molar-refractivity contribution in [2.24, 2.45) is 5.73 Å². The Bertz CT molecular complexity index is 395. The maximum absolute atomic E-state index is 11.3. The standard InChI is InChI=1S/C12H19N3OS/c1-8(5-6-17-2)15-11-4-3-9(13)7-10(11)12(14)16/h3-4,7-8,15H,5-6,13H2,1-2H3,(H2,14,16). The van der Waals surface area contributed by atoms with Crippen LogP contribution in [0.1, 0.15) is 23.7 Å². The monoisotopic (exact) mass is 253 g/mol. The number of thioether (sulfide) groups is 1. The van der Waals surface area contributed by atoms with Crippen molar-refractivity contribution in [2.45, 2.75) is 19.4 Å². The van der Waals surface area contributed by atoms with Gasteiger partial charge in [0.2, 0.25) is 0 Å². The molecular weight excluding hydrogens is 234 g/mol. The molecule has 5 N–H and O–H groups in total. The molecule has 0 aliphatic carbocycles. The topological polar surface area (TPSA) is 81.1 Å². The van der Waals surface area contributed by atoms with E-state index < -0.39 is 5.91 Å². The maximum Gasteiger partial charge on any atom is 0.250 e. The second-order valence-electron chi connectivity index (χ2n) is 4.00. The summed E-state index contributed by atoms with van der Waals surface area (Å²) in [5, 5.41) is 3.28. The van der Waals surface area contributed by atoms with E-state index in [1.807, 2.05) is 0 Å². The molecule has 0 aromatic heterocycles. The molecule has 1 atom stereocenters. The van der Waals surface area contributed by atoms with Gasteiger partial charge in [-0.2, -0.15) is 11.8 Å². The Hall–Kier alpha value is -1.36. The molecular formula is C12H19N3OS. The van der Waals surface area contributed by atoms with Crippen molar-refractivity contribution in [1.82, 2.24) is 0 Å². The molecule has 1 aromatic rings. The van der Waals surface area contributed by atoms with Crippen LogP contribution in [0.4, 0.5) is 11.4 Å². The summed E-state index contributed by atoms with van der Waals surface area (Å²) < 4.78 is 0. The zero-order chi connectivity index (χ0) is 12.8. The van der Waals surface area contributed by atoms with E-state index in [-0.39, 0.29) is 0 Å². The second kappa shape index (κ2) is 6.39. The third-order valence-electron chi connectivity index (χ3n) is 2.47. The van der Waals surface area contributed by atoms with Crippen LogP contribution >= 0.6 is 11.8 Å². The molecule has 0 aliphatic rings. The molecule has 0 fully saturated rings. The Morgan fingerprint density at radius 2 is 2.24 bits per heavy atom. The van der Waals surface area contributed by atoms with Gasteiger partial charge in [-0.3, -0.25) is 4.79 Å². The summed E-state index contributed by atoms with van der Waals surface area (Å²) in [6, 6.07) is 5.46. The van der Waals surface area contributed by atoms with E-state index in [1.54, 1.807) is 30.0 Å². The van der Waals surface area contributed by atoms with Crippen molar-refractivity contribution in [3.63, 3.8) is 0 Å². The Morgan fingerprint density at radius 1 is 1.53 bits per heavy atom. The van der Waals surface area contributed by atoms with Gasteiger partial charge in [-0.15, -0.1) is 0 Å². The lowest BCUT2D eigenvalue weighted by Crippen LogP contribution is -2.20. The number of nitrogen functional groups attached to an aromatic ring is 1. The van der Waals surface area contributed by atoms with Crippen molar-refractivity contribution in [1.29, 1.82) is 0 Å². The van der Waals surface area contributed by atoms with Gasteiger partial charge in [-0.05, 0) is 43.6 Å². The summed E-state index contributed by atoms with van der Waals surface area (Å²) in [7, 11) is 0. The summed E-state index contributed by atoms with van der Waals surface area (Å²) in [5.41, 5.74) is 12.7. The van der Waals surface area contributed by atoms with E-state index in [0.29, 0.717) is 17.3 Å². The minimum absolute atomic E-state index is 0.296. The average Bonchev–Trinajstić information content (AvgIpc) is 2.28. The molecule has 1 rings (SSSR count). The van der Waals surface area contributed by atoms with Crippen LogP contribution in [-0.2, 0) is 0 Å². The molecule has 0 radical (unpaired) electrons. The summed E-state index contributed by atoms with van der Waals surface area (Å²) in [6.45, 7) is 2.08. The number of nitrogens with two attached hydrogens (primary N) is 2. The number of carbonyl (C=O) groups excluding carboxylic acids is 1. The fourth-order valence-electron chi connectivity index (χ4n) is 1.52. The number of hydrogen-bond donors (Lipinski definition) is 3. The van der Waals surface area contributed by atoms with Gasteiger partial charge in [0, 0.05) is 17.4 Å². The van der Waals surface area contributed by atoms with Crippen molar-refractivity contribution < 1.29 is 4.79 Å². The van der Waals surface area contributed by atoms with Crippen LogP contribution in [-0.4, -0.2) is 24.0 Å². The van der Waals surface area contributed by atoms with Gasteiger partial charge in [-0.25, -0.2) is 0 Å². The van der Waals surface area contributed by atoms with Crippen LogP contribution in [0.2, 0.25) is 0 Å². The SMILES string of the molecule is CSCCC(C)Nc1ccc(N)cc1C(N)=O. The summed E-state index contributed by atoms with van der Waals surface area (Å²) >= 11 is 1.80. The third kappa shape index (κ3) is 4.19. The Labute approximate surface area is 106 Å². The van der Waals surface area contributed by atoms with E-state index in [0.717, 1.165) is 17.9 Å². The number of nitrogens with one attached hydrogen (secondary N) is 1. The highest BCUT2D eigenvalue weighted by Gasteiger charge is 2.10. The van der Waals surface area contributed by atoms with Crippen LogP contribution in [0.15, 0.2) is 18.2 Å². The fourth-order valence-corrected chi connectivity index (χ4v) is 2.11. The van der Waals surface area contributed by atoms with E-state index >= 15 is 0 Å². The molecule has 94 valence electrons. The van der Waals surface area contributed by atoms with E-state index in [9.17, 15) is 4.79 Å². The number of carbonyl (C=O) groups is 1. The number of anilines is 2. The van der Waals surface area contributed by atoms with E-state index in [2.05, 4.69) is 18.5 Å².